The van der Waals surface area contributed by atoms with Gasteiger partial charge in [0.1, 0.15) is 5.69 Å². The quantitative estimate of drug-likeness (QED) is 0.545. The summed E-state index contributed by atoms with van der Waals surface area (Å²) in [6.07, 6.45) is 5.48. The van der Waals surface area contributed by atoms with Gasteiger partial charge >= 0.3 is 11.9 Å². The number of carboxylic acids is 2. The van der Waals surface area contributed by atoms with Crippen molar-refractivity contribution in [1.29, 1.82) is 0 Å². The summed E-state index contributed by atoms with van der Waals surface area (Å²) in [4.78, 5) is 18.2. The number of hydrogen-bond acceptors (Lipinski definition) is 7. The van der Waals surface area contributed by atoms with Crippen molar-refractivity contribution in [3.63, 3.8) is 0 Å². The monoisotopic (exact) mass is 329 g/mol. The van der Waals surface area contributed by atoms with Gasteiger partial charge < -0.3 is 20.3 Å². The Morgan fingerprint density at radius 1 is 1.36 bits per heavy atom. The topological polar surface area (TPSA) is 122 Å². The van der Waals surface area contributed by atoms with E-state index in [9.17, 15) is 0 Å². The maximum atomic E-state index is 9.10. The molecule has 122 valence electrons. The van der Waals surface area contributed by atoms with Crippen LogP contribution in [0.5, 0.6) is 5.88 Å². The van der Waals surface area contributed by atoms with Crippen molar-refractivity contribution >= 4 is 29.2 Å². The minimum atomic E-state index is -1.82. The largest absolute Gasteiger partial charge is 0.475 e. The number of carboxylic acid groups (broad SMARTS) is 2. The Morgan fingerprint density at radius 3 is 2.64 bits per heavy atom. The summed E-state index contributed by atoms with van der Waals surface area (Å²) in [5.74, 6) is -2.95. The molecular formula is C13H19N3O5S. The zero-order valence-corrected chi connectivity index (χ0v) is 13.1. The van der Waals surface area contributed by atoms with Crippen LogP contribution in [-0.2, 0) is 9.59 Å². The molecule has 1 aliphatic rings. The van der Waals surface area contributed by atoms with E-state index in [-0.39, 0.29) is 0 Å². The fraction of sp³-hybridized carbons (Fsp3) is 0.538. The lowest BCUT2D eigenvalue weighted by molar-refractivity contribution is -0.159. The first-order chi connectivity index (χ1) is 10.6. The highest BCUT2D eigenvalue weighted by Crippen LogP contribution is 2.25. The Labute approximate surface area is 132 Å². The standard InChI is InChI=1S/C11H17N3OS.C2H2O4/c1-2-3-7-15-11-10(13-16-14-11)9-5-4-6-12-8-9;3-1(4)2(5)6/h5,12H,2-4,6-8H2,1H3;(H,3,4)(H,5,6). The Balaban J connectivity index is 0.000000346. The van der Waals surface area contributed by atoms with E-state index in [2.05, 4.69) is 27.1 Å². The van der Waals surface area contributed by atoms with Crippen LogP contribution in [0.25, 0.3) is 5.57 Å². The highest BCUT2D eigenvalue weighted by atomic mass is 32.1. The molecule has 0 aromatic carbocycles. The van der Waals surface area contributed by atoms with Crippen molar-refractivity contribution in [2.75, 3.05) is 19.7 Å². The van der Waals surface area contributed by atoms with Gasteiger partial charge in [-0.1, -0.05) is 19.4 Å². The molecule has 2 heterocycles. The average molecular weight is 329 g/mol. The molecule has 0 aliphatic carbocycles. The molecular weight excluding hydrogens is 310 g/mol. The second-order valence-corrected chi connectivity index (χ2v) is 4.95. The molecule has 0 fully saturated rings. The molecule has 2 rings (SSSR count). The van der Waals surface area contributed by atoms with Gasteiger partial charge in [-0.15, -0.1) is 4.37 Å². The van der Waals surface area contributed by atoms with Gasteiger partial charge in [0.2, 0.25) is 0 Å². The van der Waals surface area contributed by atoms with Gasteiger partial charge in [-0.25, -0.2) is 9.59 Å². The van der Waals surface area contributed by atoms with E-state index in [4.69, 9.17) is 24.5 Å². The fourth-order valence-electron chi connectivity index (χ4n) is 1.61. The van der Waals surface area contributed by atoms with Crippen LogP contribution in [0.3, 0.4) is 0 Å². The van der Waals surface area contributed by atoms with Gasteiger partial charge in [0.25, 0.3) is 5.88 Å². The lowest BCUT2D eigenvalue weighted by Crippen LogP contribution is -2.21. The molecule has 0 radical (unpaired) electrons. The SMILES string of the molecule is CCCCOc1nsnc1C1=CCCNC1.O=C(O)C(=O)O. The Morgan fingerprint density at radius 2 is 2.09 bits per heavy atom. The van der Waals surface area contributed by atoms with Gasteiger partial charge in [0, 0.05) is 6.54 Å². The van der Waals surface area contributed by atoms with Crippen LogP contribution in [0.1, 0.15) is 31.9 Å². The molecule has 0 saturated heterocycles. The summed E-state index contributed by atoms with van der Waals surface area (Å²) in [6.45, 7) is 4.80. The molecule has 0 spiro atoms. The molecule has 0 amide bonds. The Kier molecular flexibility index (Phi) is 8.08. The van der Waals surface area contributed by atoms with E-state index in [0.717, 1.165) is 44.7 Å². The van der Waals surface area contributed by atoms with Crippen LogP contribution >= 0.6 is 11.7 Å². The summed E-state index contributed by atoms with van der Waals surface area (Å²) in [7, 11) is 0. The zero-order chi connectivity index (χ0) is 16.4. The molecule has 0 bridgehead atoms. The van der Waals surface area contributed by atoms with Crippen molar-refractivity contribution in [3.8, 4) is 5.88 Å². The van der Waals surface area contributed by atoms with E-state index >= 15 is 0 Å². The number of nitrogens with one attached hydrogen (secondary N) is 1. The lowest BCUT2D eigenvalue weighted by Gasteiger charge is -2.13. The van der Waals surface area contributed by atoms with Crippen LogP contribution in [0, 0.1) is 0 Å². The minimum Gasteiger partial charge on any atom is -0.475 e. The molecule has 8 nitrogen and oxygen atoms in total. The van der Waals surface area contributed by atoms with E-state index in [1.807, 2.05) is 0 Å². The highest BCUT2D eigenvalue weighted by Gasteiger charge is 2.15. The molecule has 22 heavy (non-hydrogen) atoms. The number of unbranched alkanes of at least 4 members (excludes halogenated alkanes) is 1. The predicted molar refractivity (Wildman–Crippen MR) is 81.0 cm³/mol. The summed E-state index contributed by atoms with van der Waals surface area (Å²) in [6, 6.07) is 0. The van der Waals surface area contributed by atoms with Crippen LogP contribution in [0.2, 0.25) is 0 Å². The Bertz CT molecular complexity index is 518. The molecule has 0 unspecified atom stereocenters. The number of nitrogens with zero attached hydrogens (tertiary/aromatic N) is 2. The number of carbonyl (C=O) groups is 2. The van der Waals surface area contributed by atoms with E-state index in [1.54, 1.807) is 0 Å². The minimum absolute atomic E-state index is 0.702. The number of aliphatic carboxylic acids is 2. The predicted octanol–water partition coefficient (Wildman–Crippen LogP) is 1.25. The molecule has 1 aromatic rings. The van der Waals surface area contributed by atoms with Crippen molar-refractivity contribution in [2.45, 2.75) is 26.2 Å². The van der Waals surface area contributed by atoms with Gasteiger partial charge in [0.15, 0.2) is 0 Å². The number of hydrogen-bond donors (Lipinski definition) is 3. The number of ether oxygens (including phenoxy) is 1. The number of aromatic nitrogens is 2. The van der Waals surface area contributed by atoms with Crippen molar-refractivity contribution in [2.24, 2.45) is 0 Å². The molecule has 3 N–H and O–H groups in total. The van der Waals surface area contributed by atoms with Crippen molar-refractivity contribution < 1.29 is 24.5 Å². The van der Waals surface area contributed by atoms with E-state index in [0.29, 0.717) is 5.88 Å². The normalized spacial score (nSPS) is 13.6. The smallest absolute Gasteiger partial charge is 0.414 e. The maximum Gasteiger partial charge on any atom is 0.414 e. The van der Waals surface area contributed by atoms with Crippen LogP contribution in [0.15, 0.2) is 6.08 Å². The summed E-state index contributed by atoms with van der Waals surface area (Å²) < 4.78 is 14.2. The second-order valence-electron chi connectivity index (χ2n) is 4.43. The third-order valence-corrected chi connectivity index (χ3v) is 3.22. The molecule has 1 aliphatic heterocycles. The fourth-order valence-corrected chi connectivity index (χ4v) is 2.14. The van der Waals surface area contributed by atoms with Gasteiger partial charge in [-0.3, -0.25) is 0 Å². The van der Waals surface area contributed by atoms with Crippen LogP contribution < -0.4 is 10.1 Å². The van der Waals surface area contributed by atoms with Gasteiger partial charge in [-0.05, 0) is 25.0 Å². The summed E-state index contributed by atoms with van der Waals surface area (Å²) in [5, 5.41) is 18.1. The second kappa shape index (κ2) is 9.85. The third-order valence-electron chi connectivity index (χ3n) is 2.71. The number of rotatable bonds is 5. The van der Waals surface area contributed by atoms with Gasteiger partial charge in [0.05, 0.1) is 18.3 Å². The zero-order valence-electron chi connectivity index (χ0n) is 12.2. The van der Waals surface area contributed by atoms with E-state index < -0.39 is 11.9 Å². The van der Waals surface area contributed by atoms with Crippen LogP contribution in [0.4, 0.5) is 0 Å². The average Bonchev–Trinajstić information content (AvgIpc) is 2.97. The van der Waals surface area contributed by atoms with Crippen molar-refractivity contribution in [3.05, 3.63) is 11.8 Å². The highest BCUT2D eigenvalue weighted by molar-refractivity contribution is 6.99. The maximum absolute atomic E-state index is 9.10. The summed E-state index contributed by atoms with van der Waals surface area (Å²) in [5.41, 5.74) is 2.14. The third kappa shape index (κ3) is 6.19. The van der Waals surface area contributed by atoms with Crippen LogP contribution in [-0.4, -0.2) is 50.6 Å². The molecule has 1 aromatic heterocycles. The first-order valence-corrected chi connectivity index (χ1v) is 7.61. The van der Waals surface area contributed by atoms with Gasteiger partial charge in [-0.2, -0.15) is 4.37 Å². The van der Waals surface area contributed by atoms with E-state index in [1.165, 1.54) is 17.3 Å². The summed E-state index contributed by atoms with van der Waals surface area (Å²) >= 11 is 1.22. The lowest BCUT2D eigenvalue weighted by atomic mass is 10.1. The molecule has 0 saturated carbocycles. The first-order valence-electron chi connectivity index (χ1n) is 6.88. The Hall–Kier alpha value is -2.00. The molecule has 0 atom stereocenters. The molecule has 9 heteroatoms. The first kappa shape index (κ1) is 18.1. The van der Waals surface area contributed by atoms with Crippen molar-refractivity contribution in [1.82, 2.24) is 14.1 Å².